The highest BCUT2D eigenvalue weighted by Crippen LogP contribution is 2.19. The molecule has 0 bridgehead atoms. The quantitative estimate of drug-likeness (QED) is 0.786. The van der Waals surface area contributed by atoms with Gasteiger partial charge in [0.05, 0.1) is 6.54 Å². The van der Waals surface area contributed by atoms with E-state index in [4.69, 9.17) is 0 Å². The van der Waals surface area contributed by atoms with Crippen LogP contribution < -0.4 is 5.32 Å². The van der Waals surface area contributed by atoms with Gasteiger partial charge in [-0.1, -0.05) is 12.1 Å². The van der Waals surface area contributed by atoms with Gasteiger partial charge in [0.15, 0.2) is 0 Å². The molecule has 1 fully saturated rings. The van der Waals surface area contributed by atoms with E-state index in [9.17, 15) is 9.59 Å². The molecule has 0 saturated carbocycles. The number of piperazine rings is 1. The molecule has 1 heterocycles. The second-order valence-electron chi connectivity index (χ2n) is 7.15. The molecule has 148 valence electrons. The highest BCUT2D eigenvalue weighted by Gasteiger charge is 2.23. The lowest BCUT2D eigenvalue weighted by Crippen LogP contribution is -2.50. The van der Waals surface area contributed by atoms with Gasteiger partial charge < -0.3 is 10.2 Å². The molecule has 0 radical (unpaired) electrons. The van der Waals surface area contributed by atoms with E-state index < -0.39 is 0 Å². The van der Waals surface area contributed by atoms with Gasteiger partial charge in [0.2, 0.25) is 5.91 Å². The first-order valence-electron chi connectivity index (χ1n) is 9.49. The molecule has 1 aliphatic rings. The van der Waals surface area contributed by atoms with Gasteiger partial charge in [0, 0.05) is 42.3 Å². The summed E-state index contributed by atoms with van der Waals surface area (Å²) in [6, 6.07) is 13.7. The highest BCUT2D eigenvalue weighted by molar-refractivity contribution is 7.98. The predicted octanol–water partition coefficient (Wildman–Crippen LogP) is 3.42. The average molecular weight is 398 g/mol. The van der Waals surface area contributed by atoms with Gasteiger partial charge in [0.25, 0.3) is 5.91 Å². The van der Waals surface area contributed by atoms with Crippen LogP contribution in [0.2, 0.25) is 0 Å². The molecule has 3 rings (SSSR count). The Kier molecular flexibility index (Phi) is 6.75. The van der Waals surface area contributed by atoms with Crippen LogP contribution in [0.1, 0.15) is 21.5 Å². The summed E-state index contributed by atoms with van der Waals surface area (Å²) in [5, 5.41) is 2.96. The van der Waals surface area contributed by atoms with Crippen LogP contribution in [-0.4, -0.2) is 60.6 Å². The van der Waals surface area contributed by atoms with Crippen LogP contribution in [0, 0.1) is 13.8 Å². The largest absolute Gasteiger partial charge is 0.336 e. The second-order valence-corrected chi connectivity index (χ2v) is 8.03. The number of hydrogen-bond donors (Lipinski definition) is 1. The summed E-state index contributed by atoms with van der Waals surface area (Å²) in [7, 11) is 0. The van der Waals surface area contributed by atoms with Gasteiger partial charge >= 0.3 is 0 Å². The fourth-order valence-corrected chi connectivity index (χ4v) is 3.73. The van der Waals surface area contributed by atoms with Crippen molar-refractivity contribution in [3.63, 3.8) is 0 Å². The third kappa shape index (κ3) is 5.14. The minimum absolute atomic E-state index is 0.0211. The zero-order valence-electron chi connectivity index (χ0n) is 16.7. The number of amides is 2. The van der Waals surface area contributed by atoms with E-state index in [0.29, 0.717) is 32.7 Å². The summed E-state index contributed by atoms with van der Waals surface area (Å²) in [6.07, 6.45) is 2.01. The number of carbonyl (C=O) groups excluding carboxylic acids is 2. The number of anilines is 1. The molecule has 0 spiro atoms. The zero-order valence-corrected chi connectivity index (χ0v) is 17.5. The molecule has 5 nitrogen and oxygen atoms in total. The Bertz CT molecular complexity index is 861. The molecule has 1 aliphatic heterocycles. The van der Waals surface area contributed by atoms with Crippen LogP contribution in [0.5, 0.6) is 0 Å². The van der Waals surface area contributed by atoms with Gasteiger partial charge in [-0.3, -0.25) is 14.5 Å². The van der Waals surface area contributed by atoms with Crippen molar-refractivity contribution in [1.82, 2.24) is 9.80 Å². The van der Waals surface area contributed by atoms with Crippen LogP contribution in [0.25, 0.3) is 0 Å². The number of benzene rings is 2. The van der Waals surface area contributed by atoms with Crippen molar-refractivity contribution < 1.29 is 9.59 Å². The van der Waals surface area contributed by atoms with E-state index in [1.807, 2.05) is 67.5 Å². The maximum absolute atomic E-state index is 12.7. The number of aryl methyl sites for hydroxylation is 2. The van der Waals surface area contributed by atoms with Crippen molar-refractivity contribution in [3.8, 4) is 0 Å². The third-order valence-electron chi connectivity index (χ3n) is 5.13. The van der Waals surface area contributed by atoms with Gasteiger partial charge in [-0.05, 0) is 61.6 Å². The van der Waals surface area contributed by atoms with Crippen LogP contribution in [0.4, 0.5) is 5.69 Å². The fourth-order valence-electron chi connectivity index (χ4n) is 3.27. The Morgan fingerprint density at radius 2 is 1.75 bits per heavy atom. The summed E-state index contributed by atoms with van der Waals surface area (Å²) in [5.74, 6) is 0.0493. The molecular formula is C22H27N3O2S. The summed E-state index contributed by atoms with van der Waals surface area (Å²) >= 11 is 1.65. The summed E-state index contributed by atoms with van der Waals surface area (Å²) in [6.45, 7) is 7.10. The Balaban J connectivity index is 1.50. The van der Waals surface area contributed by atoms with Crippen molar-refractivity contribution in [2.24, 2.45) is 0 Å². The van der Waals surface area contributed by atoms with E-state index >= 15 is 0 Å². The minimum atomic E-state index is -0.0211. The van der Waals surface area contributed by atoms with Crippen molar-refractivity contribution in [3.05, 3.63) is 59.2 Å². The highest BCUT2D eigenvalue weighted by atomic mass is 32.2. The average Bonchev–Trinajstić information content (AvgIpc) is 2.70. The molecule has 6 heteroatoms. The second kappa shape index (κ2) is 9.26. The zero-order chi connectivity index (χ0) is 20.1. The summed E-state index contributed by atoms with van der Waals surface area (Å²) in [4.78, 5) is 30.2. The molecule has 28 heavy (non-hydrogen) atoms. The number of rotatable bonds is 5. The monoisotopic (exact) mass is 397 g/mol. The lowest BCUT2D eigenvalue weighted by Gasteiger charge is -2.34. The van der Waals surface area contributed by atoms with Gasteiger partial charge in [-0.15, -0.1) is 11.8 Å². The molecule has 1 N–H and O–H groups in total. The Morgan fingerprint density at radius 3 is 2.43 bits per heavy atom. The number of nitrogens with one attached hydrogen (secondary N) is 1. The fraction of sp³-hybridized carbons (Fsp3) is 0.364. The molecule has 2 amide bonds. The van der Waals surface area contributed by atoms with E-state index in [1.54, 1.807) is 11.8 Å². The summed E-state index contributed by atoms with van der Waals surface area (Å²) < 4.78 is 0. The molecule has 0 aromatic heterocycles. The van der Waals surface area contributed by atoms with Gasteiger partial charge in [0.1, 0.15) is 0 Å². The SMILES string of the molecule is CSc1cccc(NC(=O)CN2CCN(C(=O)c3ccc(C)c(C)c3)CC2)c1. The minimum Gasteiger partial charge on any atom is -0.336 e. The molecule has 0 unspecified atom stereocenters. The molecule has 0 aliphatic carbocycles. The summed E-state index contributed by atoms with van der Waals surface area (Å²) in [5.41, 5.74) is 3.88. The van der Waals surface area contributed by atoms with Crippen molar-refractivity contribution in [1.29, 1.82) is 0 Å². The first kappa shape index (κ1) is 20.4. The Hall–Kier alpha value is -2.31. The molecular weight excluding hydrogens is 370 g/mol. The molecule has 1 saturated heterocycles. The number of thioether (sulfide) groups is 1. The number of hydrogen-bond acceptors (Lipinski definition) is 4. The van der Waals surface area contributed by atoms with Crippen LogP contribution >= 0.6 is 11.8 Å². The van der Waals surface area contributed by atoms with E-state index in [1.165, 1.54) is 5.56 Å². The van der Waals surface area contributed by atoms with Crippen LogP contribution in [-0.2, 0) is 4.79 Å². The molecule has 2 aromatic carbocycles. The molecule has 0 atom stereocenters. The van der Waals surface area contributed by atoms with E-state index in [2.05, 4.69) is 10.2 Å². The van der Waals surface area contributed by atoms with Crippen LogP contribution in [0.3, 0.4) is 0 Å². The van der Waals surface area contributed by atoms with Gasteiger partial charge in [-0.25, -0.2) is 0 Å². The lowest BCUT2D eigenvalue weighted by atomic mass is 10.1. The van der Waals surface area contributed by atoms with E-state index in [-0.39, 0.29) is 11.8 Å². The number of carbonyl (C=O) groups is 2. The van der Waals surface area contributed by atoms with E-state index in [0.717, 1.165) is 21.7 Å². The Morgan fingerprint density at radius 1 is 1.00 bits per heavy atom. The maximum atomic E-state index is 12.7. The van der Waals surface area contributed by atoms with Crippen molar-refractivity contribution >= 4 is 29.3 Å². The lowest BCUT2D eigenvalue weighted by molar-refractivity contribution is -0.117. The third-order valence-corrected chi connectivity index (χ3v) is 5.86. The molecule has 2 aromatic rings. The smallest absolute Gasteiger partial charge is 0.253 e. The topological polar surface area (TPSA) is 52.7 Å². The normalized spacial score (nSPS) is 14.8. The van der Waals surface area contributed by atoms with Gasteiger partial charge in [-0.2, -0.15) is 0 Å². The standard InChI is InChI=1S/C22H27N3O2S/c1-16-7-8-18(13-17(16)2)22(27)25-11-9-24(10-12-25)15-21(26)23-19-5-4-6-20(14-19)28-3/h4-8,13-14H,9-12,15H2,1-3H3,(H,23,26). The van der Waals surface area contributed by atoms with Crippen molar-refractivity contribution in [2.45, 2.75) is 18.7 Å². The first-order chi connectivity index (χ1) is 13.5. The van der Waals surface area contributed by atoms with Crippen molar-refractivity contribution in [2.75, 3.05) is 44.3 Å². The van der Waals surface area contributed by atoms with Crippen LogP contribution in [0.15, 0.2) is 47.4 Å². The Labute approximate surface area is 171 Å². The first-order valence-corrected chi connectivity index (χ1v) is 10.7. The number of nitrogens with zero attached hydrogens (tertiary/aromatic N) is 2. The predicted molar refractivity (Wildman–Crippen MR) is 115 cm³/mol. The maximum Gasteiger partial charge on any atom is 0.253 e.